The number of ether oxygens (including phenoxy) is 1. The van der Waals surface area contributed by atoms with E-state index in [0.29, 0.717) is 5.56 Å². The summed E-state index contributed by atoms with van der Waals surface area (Å²) in [5, 5.41) is 4.11. The maximum Gasteiger partial charge on any atom is 0.338 e. The number of aromatic nitrogens is 4. The highest BCUT2D eigenvalue weighted by Crippen LogP contribution is 2.17. The summed E-state index contributed by atoms with van der Waals surface area (Å²) in [7, 11) is 0. The lowest BCUT2D eigenvalue weighted by Crippen LogP contribution is -2.10. The highest BCUT2D eigenvalue weighted by Gasteiger charge is 2.13. The van der Waals surface area contributed by atoms with Crippen molar-refractivity contribution >= 4 is 22.5 Å². The molecule has 0 N–H and O–H groups in total. The average Bonchev–Trinajstić information content (AvgIpc) is 3.22. The molecule has 1 aromatic carbocycles. The van der Waals surface area contributed by atoms with Gasteiger partial charge in [0.25, 0.3) is 0 Å². The molecule has 3 heterocycles. The maximum atomic E-state index is 12.3. The van der Waals surface area contributed by atoms with E-state index in [4.69, 9.17) is 4.74 Å². The number of carbonyl (C=O) groups excluding carboxylic acids is 1. The molecule has 4 rings (SSSR count). The summed E-state index contributed by atoms with van der Waals surface area (Å²) in [6.07, 6.45) is 3.43. The van der Waals surface area contributed by atoms with Crippen LogP contribution in [0.3, 0.4) is 0 Å². The van der Waals surface area contributed by atoms with Crippen molar-refractivity contribution in [3.63, 3.8) is 0 Å². The highest BCUT2D eigenvalue weighted by atomic mass is 16.5. The number of carbonyl (C=O) groups is 1. The van der Waals surface area contributed by atoms with E-state index in [2.05, 4.69) is 14.6 Å². The molecule has 6 heteroatoms. The van der Waals surface area contributed by atoms with E-state index in [1.165, 1.54) is 0 Å². The van der Waals surface area contributed by atoms with Gasteiger partial charge in [0.1, 0.15) is 12.4 Å². The van der Waals surface area contributed by atoms with Crippen LogP contribution in [-0.4, -0.2) is 25.1 Å². The molecule has 0 aliphatic heterocycles. The van der Waals surface area contributed by atoms with Crippen LogP contribution in [0.2, 0.25) is 0 Å². The predicted molar refractivity (Wildman–Crippen MR) is 89.7 cm³/mol. The van der Waals surface area contributed by atoms with Crippen LogP contribution in [0.5, 0.6) is 0 Å². The number of para-hydroxylation sites is 2. The van der Waals surface area contributed by atoms with Crippen LogP contribution >= 0.6 is 0 Å². The number of hydrogen-bond acceptors (Lipinski definition) is 4. The first-order valence-electron chi connectivity index (χ1n) is 7.81. The molecule has 0 aliphatic rings. The van der Waals surface area contributed by atoms with Crippen LogP contribution in [0.25, 0.3) is 16.6 Å². The Morgan fingerprint density at radius 2 is 2.08 bits per heavy atom. The van der Waals surface area contributed by atoms with Crippen LogP contribution in [0.15, 0.2) is 54.9 Å². The minimum Gasteiger partial charge on any atom is -0.454 e. The minimum atomic E-state index is -0.367. The van der Waals surface area contributed by atoms with Crippen molar-refractivity contribution in [3.8, 4) is 0 Å². The summed E-state index contributed by atoms with van der Waals surface area (Å²) >= 11 is 0. The van der Waals surface area contributed by atoms with Crippen LogP contribution in [0.4, 0.5) is 0 Å². The molecule has 4 aromatic rings. The maximum absolute atomic E-state index is 12.3. The molecule has 0 bridgehead atoms. The Morgan fingerprint density at radius 1 is 1.21 bits per heavy atom. The van der Waals surface area contributed by atoms with Gasteiger partial charge in [0.05, 0.1) is 22.1 Å². The third kappa shape index (κ3) is 2.42. The lowest BCUT2D eigenvalue weighted by atomic mass is 10.2. The third-order valence-corrected chi connectivity index (χ3v) is 4.02. The number of aryl methyl sites for hydroxylation is 1. The zero-order valence-corrected chi connectivity index (χ0v) is 13.2. The molecule has 0 fully saturated rings. The Hall–Kier alpha value is -3.15. The number of fused-ring (bicyclic) bond motifs is 2. The second kappa shape index (κ2) is 5.81. The zero-order valence-electron chi connectivity index (χ0n) is 13.2. The van der Waals surface area contributed by atoms with Crippen molar-refractivity contribution in [2.45, 2.75) is 20.1 Å². The fraction of sp³-hybridized carbons (Fsp3) is 0.167. The SMILES string of the molecule is CCn1c(COC(=O)c2ccn3nccc3c2)nc2ccccc21. The summed E-state index contributed by atoms with van der Waals surface area (Å²) < 4.78 is 9.22. The van der Waals surface area contributed by atoms with E-state index >= 15 is 0 Å². The van der Waals surface area contributed by atoms with Gasteiger partial charge in [-0.1, -0.05) is 12.1 Å². The molecule has 6 nitrogen and oxygen atoms in total. The second-order valence-corrected chi connectivity index (χ2v) is 5.45. The Morgan fingerprint density at radius 3 is 2.96 bits per heavy atom. The molecule has 0 unspecified atom stereocenters. The molecule has 0 spiro atoms. The van der Waals surface area contributed by atoms with Gasteiger partial charge in [0.2, 0.25) is 0 Å². The topological polar surface area (TPSA) is 61.4 Å². The van der Waals surface area contributed by atoms with Crippen molar-refractivity contribution in [1.82, 2.24) is 19.2 Å². The average molecular weight is 320 g/mol. The van der Waals surface area contributed by atoms with Crippen LogP contribution < -0.4 is 0 Å². The van der Waals surface area contributed by atoms with E-state index in [1.807, 2.05) is 37.3 Å². The summed E-state index contributed by atoms with van der Waals surface area (Å²) in [6, 6.07) is 13.2. The molecular formula is C18H16N4O2. The number of benzene rings is 1. The zero-order chi connectivity index (χ0) is 16.5. The molecule has 0 aliphatic carbocycles. The highest BCUT2D eigenvalue weighted by molar-refractivity contribution is 5.90. The lowest BCUT2D eigenvalue weighted by Gasteiger charge is -2.07. The Bertz CT molecular complexity index is 1030. The van der Waals surface area contributed by atoms with Crippen LogP contribution in [-0.2, 0) is 17.9 Å². The van der Waals surface area contributed by atoms with Gasteiger partial charge in [0, 0.05) is 18.9 Å². The van der Waals surface area contributed by atoms with Gasteiger partial charge < -0.3 is 9.30 Å². The number of esters is 1. The number of pyridine rings is 1. The fourth-order valence-electron chi connectivity index (χ4n) is 2.85. The van der Waals surface area contributed by atoms with Gasteiger partial charge in [-0.2, -0.15) is 5.10 Å². The standard InChI is InChI=1S/C18H16N4O2/c1-2-21-16-6-4-3-5-15(16)20-17(21)12-24-18(23)13-8-10-22-14(11-13)7-9-19-22/h3-11H,2,12H2,1H3. The monoisotopic (exact) mass is 320 g/mol. The van der Waals surface area contributed by atoms with Gasteiger partial charge in [-0.25, -0.2) is 14.3 Å². The first-order chi connectivity index (χ1) is 11.8. The Labute approximate surface area is 138 Å². The number of rotatable bonds is 4. The molecule has 0 radical (unpaired) electrons. The fourth-order valence-corrected chi connectivity index (χ4v) is 2.85. The largest absolute Gasteiger partial charge is 0.454 e. The molecule has 24 heavy (non-hydrogen) atoms. The summed E-state index contributed by atoms with van der Waals surface area (Å²) in [5.41, 5.74) is 3.31. The van der Waals surface area contributed by atoms with Crippen molar-refractivity contribution < 1.29 is 9.53 Å². The predicted octanol–water partition coefficient (Wildman–Crippen LogP) is 3.06. The van der Waals surface area contributed by atoms with E-state index in [9.17, 15) is 4.79 Å². The molecular weight excluding hydrogens is 304 g/mol. The van der Waals surface area contributed by atoms with Crippen molar-refractivity contribution in [3.05, 3.63) is 66.2 Å². The van der Waals surface area contributed by atoms with Gasteiger partial charge in [-0.3, -0.25) is 0 Å². The summed E-state index contributed by atoms with van der Waals surface area (Å²) in [5.74, 6) is 0.380. The first-order valence-corrected chi connectivity index (χ1v) is 7.81. The Balaban J connectivity index is 1.56. The summed E-state index contributed by atoms with van der Waals surface area (Å²) in [6.45, 7) is 2.97. The lowest BCUT2D eigenvalue weighted by molar-refractivity contribution is 0.0458. The third-order valence-electron chi connectivity index (χ3n) is 4.02. The van der Waals surface area contributed by atoms with E-state index in [0.717, 1.165) is 28.9 Å². The quantitative estimate of drug-likeness (QED) is 0.542. The van der Waals surface area contributed by atoms with Crippen molar-refractivity contribution in [2.75, 3.05) is 0 Å². The van der Waals surface area contributed by atoms with Gasteiger partial charge >= 0.3 is 5.97 Å². The van der Waals surface area contributed by atoms with Gasteiger partial charge in [-0.05, 0) is 37.3 Å². The van der Waals surface area contributed by atoms with Crippen LogP contribution in [0, 0.1) is 0 Å². The summed E-state index contributed by atoms with van der Waals surface area (Å²) in [4.78, 5) is 16.9. The smallest absolute Gasteiger partial charge is 0.338 e. The minimum absolute atomic E-state index is 0.145. The van der Waals surface area contributed by atoms with Gasteiger partial charge in [0.15, 0.2) is 0 Å². The second-order valence-electron chi connectivity index (χ2n) is 5.45. The molecule has 0 saturated carbocycles. The number of hydrogen-bond donors (Lipinski definition) is 0. The number of nitrogens with zero attached hydrogens (tertiary/aromatic N) is 4. The van der Waals surface area contributed by atoms with E-state index in [1.54, 1.807) is 29.0 Å². The van der Waals surface area contributed by atoms with Crippen molar-refractivity contribution in [1.29, 1.82) is 0 Å². The van der Waals surface area contributed by atoms with Crippen LogP contribution in [0.1, 0.15) is 23.1 Å². The van der Waals surface area contributed by atoms with Gasteiger partial charge in [-0.15, -0.1) is 0 Å². The molecule has 0 atom stereocenters. The van der Waals surface area contributed by atoms with E-state index < -0.39 is 0 Å². The van der Waals surface area contributed by atoms with Crippen molar-refractivity contribution in [2.24, 2.45) is 0 Å². The van der Waals surface area contributed by atoms with E-state index in [-0.39, 0.29) is 12.6 Å². The molecule has 120 valence electrons. The number of imidazole rings is 1. The Kier molecular flexibility index (Phi) is 3.49. The molecule has 0 amide bonds. The first kappa shape index (κ1) is 14.4. The molecule has 3 aromatic heterocycles. The normalized spacial score (nSPS) is 11.2. The molecule has 0 saturated heterocycles.